The second-order valence-electron chi connectivity index (χ2n) is 6.08. The Bertz CT molecular complexity index is 1140. The van der Waals surface area contributed by atoms with Crippen molar-refractivity contribution >= 4 is 27.0 Å². The Hall–Kier alpha value is -2.76. The molecule has 2 aromatic heterocycles. The molecule has 3 heterocycles. The third kappa shape index (κ3) is 3.09. The molecule has 0 radical (unpaired) electrons. The molecule has 1 N–H and O–H groups in total. The maximum absolute atomic E-state index is 13.2. The van der Waals surface area contributed by atoms with Gasteiger partial charge in [-0.15, -0.1) is 11.3 Å². The van der Waals surface area contributed by atoms with Crippen molar-refractivity contribution in [3.63, 3.8) is 0 Å². The number of rotatable bonds is 4. The molecule has 27 heavy (non-hydrogen) atoms. The van der Waals surface area contributed by atoms with Gasteiger partial charge in [0.15, 0.2) is 0 Å². The van der Waals surface area contributed by atoms with E-state index >= 15 is 0 Å². The van der Waals surface area contributed by atoms with E-state index in [0.717, 1.165) is 22.6 Å². The summed E-state index contributed by atoms with van der Waals surface area (Å²) < 4.78 is 33.8. The van der Waals surface area contributed by atoms with Crippen molar-refractivity contribution in [2.45, 2.75) is 17.6 Å². The topological polar surface area (TPSA) is 86.2 Å². The van der Waals surface area contributed by atoms with Gasteiger partial charge in [-0.05, 0) is 48.9 Å². The first-order valence-corrected chi connectivity index (χ1v) is 10.8. The van der Waals surface area contributed by atoms with E-state index in [0.29, 0.717) is 27.9 Å². The van der Waals surface area contributed by atoms with Crippen LogP contribution < -0.4 is 9.04 Å². The lowest BCUT2D eigenvalue weighted by Crippen LogP contribution is -2.37. The van der Waals surface area contributed by atoms with Crippen LogP contribution in [0.25, 0.3) is 11.3 Å². The standard InChI is InChI=1S/C19H17N3O3S2/c1-2-15-5-8-19(26-15)27(23,24)22-9-10-25-18-7-3-13(11-17(18)22)16-6-4-14(12-20)21-16/h3-8,11,21H,2,9-10H2,1H3. The third-order valence-electron chi connectivity index (χ3n) is 4.43. The number of fused-ring (bicyclic) bond motifs is 1. The normalized spacial score (nSPS) is 13.7. The number of nitriles is 1. The molecular formula is C19H17N3O3S2. The van der Waals surface area contributed by atoms with E-state index < -0.39 is 10.0 Å². The number of nitrogens with zero attached hydrogens (tertiary/aromatic N) is 2. The van der Waals surface area contributed by atoms with Gasteiger partial charge in [0.2, 0.25) is 0 Å². The van der Waals surface area contributed by atoms with Gasteiger partial charge >= 0.3 is 0 Å². The van der Waals surface area contributed by atoms with Gasteiger partial charge in [-0.3, -0.25) is 4.31 Å². The summed E-state index contributed by atoms with van der Waals surface area (Å²) in [5, 5.41) is 9.00. The van der Waals surface area contributed by atoms with Gasteiger partial charge in [-0.25, -0.2) is 8.42 Å². The lowest BCUT2D eigenvalue weighted by Gasteiger charge is -2.30. The predicted octanol–water partition coefficient (Wildman–Crippen LogP) is 3.76. The Morgan fingerprint density at radius 2 is 2.11 bits per heavy atom. The minimum absolute atomic E-state index is 0.256. The van der Waals surface area contributed by atoms with Gasteiger partial charge in [0.1, 0.15) is 28.3 Å². The molecule has 0 atom stereocenters. The third-order valence-corrected chi connectivity index (χ3v) is 7.94. The van der Waals surface area contributed by atoms with Crippen LogP contribution in [-0.2, 0) is 16.4 Å². The van der Waals surface area contributed by atoms with Crippen LogP contribution in [0, 0.1) is 11.3 Å². The highest BCUT2D eigenvalue weighted by molar-refractivity contribution is 7.94. The molecule has 1 aliphatic rings. The molecule has 4 rings (SSSR count). The molecule has 0 saturated carbocycles. The first-order valence-electron chi connectivity index (χ1n) is 8.50. The largest absolute Gasteiger partial charge is 0.489 e. The second-order valence-corrected chi connectivity index (χ2v) is 9.34. The van der Waals surface area contributed by atoms with Gasteiger partial charge in [0, 0.05) is 16.1 Å². The Kier molecular flexibility index (Phi) is 4.42. The van der Waals surface area contributed by atoms with Gasteiger partial charge < -0.3 is 9.72 Å². The zero-order valence-corrected chi connectivity index (χ0v) is 16.2. The molecule has 0 spiro atoms. The maximum Gasteiger partial charge on any atom is 0.274 e. The molecule has 1 aromatic carbocycles. The van der Waals surface area contributed by atoms with Crippen LogP contribution in [-0.4, -0.2) is 26.6 Å². The first kappa shape index (κ1) is 17.6. The summed E-state index contributed by atoms with van der Waals surface area (Å²) in [4.78, 5) is 4.05. The van der Waals surface area contributed by atoms with Crippen LogP contribution in [0.3, 0.4) is 0 Å². The van der Waals surface area contributed by atoms with Crippen LogP contribution in [0.15, 0.2) is 46.7 Å². The van der Waals surface area contributed by atoms with Crippen molar-refractivity contribution in [3.05, 3.63) is 53.0 Å². The van der Waals surface area contributed by atoms with Crippen LogP contribution in [0.2, 0.25) is 0 Å². The fourth-order valence-corrected chi connectivity index (χ4v) is 5.90. The van der Waals surface area contributed by atoms with Crippen molar-refractivity contribution in [2.75, 3.05) is 17.5 Å². The number of nitrogens with one attached hydrogen (secondary N) is 1. The number of hydrogen-bond donors (Lipinski definition) is 1. The Labute approximate surface area is 161 Å². The number of aromatic nitrogens is 1. The SMILES string of the molecule is CCc1ccc(S(=O)(=O)N2CCOc3ccc(-c4ccc(C#N)[nH]4)cc32)s1. The highest BCUT2D eigenvalue weighted by Gasteiger charge is 2.31. The Morgan fingerprint density at radius 1 is 1.26 bits per heavy atom. The number of H-pyrrole nitrogens is 1. The number of thiophene rings is 1. The van der Waals surface area contributed by atoms with E-state index in [2.05, 4.69) is 11.1 Å². The fraction of sp³-hybridized carbons (Fsp3) is 0.211. The van der Waals surface area contributed by atoms with Crippen LogP contribution in [0.5, 0.6) is 5.75 Å². The number of benzene rings is 1. The van der Waals surface area contributed by atoms with Gasteiger partial charge in [0.25, 0.3) is 10.0 Å². The molecule has 138 valence electrons. The lowest BCUT2D eigenvalue weighted by molar-refractivity contribution is 0.316. The van der Waals surface area contributed by atoms with Crippen molar-refractivity contribution < 1.29 is 13.2 Å². The van der Waals surface area contributed by atoms with Crippen LogP contribution in [0.4, 0.5) is 5.69 Å². The summed E-state index contributed by atoms with van der Waals surface area (Å²) >= 11 is 1.30. The van der Waals surface area contributed by atoms with E-state index in [1.807, 2.05) is 19.1 Å². The van der Waals surface area contributed by atoms with Crippen molar-refractivity contribution in [1.29, 1.82) is 5.26 Å². The van der Waals surface area contributed by atoms with Crippen molar-refractivity contribution in [1.82, 2.24) is 4.98 Å². The summed E-state index contributed by atoms with van der Waals surface area (Å²) in [6.45, 7) is 2.56. The molecule has 0 fully saturated rings. The zero-order chi connectivity index (χ0) is 19.0. The summed E-state index contributed by atoms with van der Waals surface area (Å²) in [6, 6.07) is 14.5. The van der Waals surface area contributed by atoms with Gasteiger partial charge in [-0.1, -0.05) is 6.92 Å². The summed E-state index contributed by atoms with van der Waals surface area (Å²) in [5.41, 5.74) is 2.51. The molecule has 0 amide bonds. The average Bonchev–Trinajstić information content (AvgIpc) is 3.36. The highest BCUT2D eigenvalue weighted by Crippen LogP contribution is 2.39. The van der Waals surface area contributed by atoms with Crippen molar-refractivity contribution in [2.24, 2.45) is 0 Å². The predicted molar refractivity (Wildman–Crippen MR) is 105 cm³/mol. The quantitative estimate of drug-likeness (QED) is 0.724. The van der Waals surface area contributed by atoms with Crippen molar-refractivity contribution in [3.8, 4) is 23.1 Å². The smallest absolute Gasteiger partial charge is 0.274 e. The Balaban J connectivity index is 1.78. The number of anilines is 1. The highest BCUT2D eigenvalue weighted by atomic mass is 32.2. The average molecular weight is 399 g/mol. The number of aromatic amines is 1. The molecule has 0 aliphatic carbocycles. The van der Waals surface area contributed by atoms with Gasteiger partial charge in [0.05, 0.1) is 12.2 Å². The summed E-state index contributed by atoms with van der Waals surface area (Å²) in [5.74, 6) is 0.535. The fourth-order valence-electron chi connectivity index (χ4n) is 3.03. The van der Waals surface area contributed by atoms with Crippen LogP contribution >= 0.6 is 11.3 Å². The lowest BCUT2D eigenvalue weighted by atomic mass is 10.1. The zero-order valence-electron chi connectivity index (χ0n) is 14.6. The molecule has 3 aromatic rings. The van der Waals surface area contributed by atoms with E-state index in [9.17, 15) is 8.42 Å². The number of ether oxygens (including phenoxy) is 1. The monoisotopic (exact) mass is 399 g/mol. The molecular weight excluding hydrogens is 382 g/mol. The molecule has 0 unspecified atom stereocenters. The molecule has 1 aliphatic heterocycles. The molecule has 0 bridgehead atoms. The molecule has 0 saturated heterocycles. The number of sulfonamides is 1. The summed E-state index contributed by atoms with van der Waals surface area (Å²) in [6.07, 6.45) is 0.804. The number of hydrogen-bond acceptors (Lipinski definition) is 5. The number of aryl methyl sites for hydroxylation is 1. The minimum atomic E-state index is -3.65. The van der Waals surface area contributed by atoms with Gasteiger partial charge in [-0.2, -0.15) is 5.26 Å². The Morgan fingerprint density at radius 3 is 2.81 bits per heavy atom. The maximum atomic E-state index is 13.2. The van der Waals surface area contributed by atoms with E-state index in [1.165, 1.54) is 15.6 Å². The van der Waals surface area contributed by atoms with E-state index in [4.69, 9.17) is 10.00 Å². The van der Waals surface area contributed by atoms with E-state index in [1.54, 1.807) is 30.3 Å². The molecule has 6 nitrogen and oxygen atoms in total. The first-order chi connectivity index (χ1) is 13.0. The minimum Gasteiger partial charge on any atom is -0.489 e. The van der Waals surface area contributed by atoms with E-state index in [-0.39, 0.29) is 6.54 Å². The van der Waals surface area contributed by atoms with Crippen LogP contribution in [0.1, 0.15) is 17.5 Å². The molecule has 8 heteroatoms. The summed E-state index contributed by atoms with van der Waals surface area (Å²) in [7, 11) is -3.65. The second kappa shape index (κ2) is 6.76.